The maximum absolute atomic E-state index is 14.0. The molecule has 0 aliphatic heterocycles. The maximum Gasteiger partial charge on any atom is 0.408 e. The zero-order chi connectivity index (χ0) is 27.9. The molecule has 0 aliphatic carbocycles. The lowest BCUT2D eigenvalue weighted by Crippen LogP contribution is -2.53. The first kappa shape index (κ1) is 30.2. The average molecular weight is 528 g/mol. The van der Waals surface area contributed by atoms with Gasteiger partial charge in [0.15, 0.2) is 0 Å². The molecule has 2 N–H and O–H groups in total. The van der Waals surface area contributed by atoms with Crippen molar-refractivity contribution in [3.8, 4) is 0 Å². The third kappa shape index (κ3) is 7.99. The Bertz CT molecular complexity index is 1090. The van der Waals surface area contributed by atoms with Crippen LogP contribution in [0.5, 0.6) is 0 Å². The second-order valence-electron chi connectivity index (χ2n) is 10.4. The summed E-state index contributed by atoms with van der Waals surface area (Å²) in [5, 5.41) is 5.73. The molecule has 0 spiro atoms. The quantitative estimate of drug-likeness (QED) is 0.367. The second-order valence-corrected chi connectivity index (χ2v) is 10.7. The molecular formula is C29H41N3O4S. The summed E-state index contributed by atoms with van der Waals surface area (Å²) in [6, 6.07) is 9.74. The minimum Gasteiger partial charge on any atom is -0.444 e. The summed E-state index contributed by atoms with van der Waals surface area (Å²) >= 11 is 4.34. The Hall–Kier alpha value is -3.00. The van der Waals surface area contributed by atoms with Crippen LogP contribution in [-0.2, 0) is 14.3 Å². The van der Waals surface area contributed by atoms with Gasteiger partial charge in [0, 0.05) is 18.0 Å². The van der Waals surface area contributed by atoms with Crippen LogP contribution in [0.15, 0.2) is 36.4 Å². The number of benzene rings is 2. The topological polar surface area (TPSA) is 87.7 Å². The molecule has 2 atom stereocenters. The fourth-order valence-corrected chi connectivity index (χ4v) is 4.58. The van der Waals surface area contributed by atoms with Crippen molar-refractivity contribution in [3.63, 3.8) is 0 Å². The lowest BCUT2D eigenvalue weighted by atomic mass is 9.93. The summed E-state index contributed by atoms with van der Waals surface area (Å²) in [5.74, 6) is -0.658. The standard InChI is InChI=1S/C29H41N3O4S/c1-9-16-32(27(34)22(17-37)30-28(35)36-29(6,7)8)25(23-18(2)12-10-13-19(23)3)26(33)31-24-20(4)14-11-15-21(24)5/h10-15,22,25,37H,9,16-17H2,1-8H3,(H,30,35)(H,31,33). The average Bonchev–Trinajstić information content (AvgIpc) is 2.79. The van der Waals surface area contributed by atoms with Gasteiger partial charge in [0.2, 0.25) is 5.91 Å². The second kappa shape index (κ2) is 13.0. The van der Waals surface area contributed by atoms with Crippen molar-refractivity contribution in [2.75, 3.05) is 17.6 Å². The molecule has 37 heavy (non-hydrogen) atoms. The van der Waals surface area contributed by atoms with Crippen molar-refractivity contribution in [3.05, 3.63) is 64.2 Å². The number of nitrogens with zero attached hydrogens (tertiary/aromatic N) is 1. The minimum atomic E-state index is -0.968. The van der Waals surface area contributed by atoms with Crippen LogP contribution in [0.3, 0.4) is 0 Å². The van der Waals surface area contributed by atoms with Gasteiger partial charge in [-0.15, -0.1) is 0 Å². The van der Waals surface area contributed by atoms with Gasteiger partial charge in [-0.1, -0.05) is 43.3 Å². The van der Waals surface area contributed by atoms with E-state index in [0.29, 0.717) is 13.0 Å². The molecule has 0 aromatic heterocycles. The van der Waals surface area contributed by atoms with E-state index in [4.69, 9.17) is 4.74 Å². The first-order valence-electron chi connectivity index (χ1n) is 12.6. The molecular weight excluding hydrogens is 486 g/mol. The number of thiol groups is 1. The number of hydrogen-bond acceptors (Lipinski definition) is 5. The molecule has 0 heterocycles. The number of rotatable bonds is 9. The minimum absolute atomic E-state index is 0.0519. The van der Waals surface area contributed by atoms with Crippen molar-refractivity contribution in [2.45, 2.75) is 79.5 Å². The monoisotopic (exact) mass is 527 g/mol. The van der Waals surface area contributed by atoms with Crippen LogP contribution < -0.4 is 10.6 Å². The Balaban J connectivity index is 2.56. The van der Waals surface area contributed by atoms with Crippen LogP contribution in [-0.4, -0.2) is 46.7 Å². The van der Waals surface area contributed by atoms with E-state index >= 15 is 0 Å². The molecule has 0 aliphatic rings. The highest BCUT2D eigenvalue weighted by molar-refractivity contribution is 7.80. The lowest BCUT2D eigenvalue weighted by Gasteiger charge is -2.35. The zero-order valence-electron chi connectivity index (χ0n) is 23.3. The van der Waals surface area contributed by atoms with E-state index in [2.05, 4.69) is 23.3 Å². The number of alkyl carbamates (subject to hydrolysis) is 1. The highest BCUT2D eigenvalue weighted by Crippen LogP contribution is 2.31. The Morgan fingerprint density at radius 3 is 1.92 bits per heavy atom. The number of aryl methyl sites for hydroxylation is 4. The third-order valence-corrected chi connectivity index (χ3v) is 6.39. The predicted octanol–water partition coefficient (Wildman–Crippen LogP) is 5.66. The van der Waals surface area contributed by atoms with E-state index < -0.39 is 29.7 Å². The summed E-state index contributed by atoms with van der Waals surface area (Å²) in [5.41, 5.74) is 4.44. The van der Waals surface area contributed by atoms with Gasteiger partial charge >= 0.3 is 6.09 Å². The fraction of sp³-hybridized carbons (Fsp3) is 0.483. The Morgan fingerprint density at radius 2 is 1.46 bits per heavy atom. The number of hydrogen-bond donors (Lipinski definition) is 3. The van der Waals surface area contributed by atoms with Crippen molar-refractivity contribution >= 4 is 36.2 Å². The van der Waals surface area contributed by atoms with E-state index in [1.807, 2.05) is 71.0 Å². The molecule has 0 bridgehead atoms. The Kier molecular flexibility index (Phi) is 10.6. The highest BCUT2D eigenvalue weighted by atomic mass is 32.1. The van der Waals surface area contributed by atoms with Crippen LogP contribution in [0, 0.1) is 27.7 Å². The first-order valence-corrected chi connectivity index (χ1v) is 13.3. The molecule has 8 heteroatoms. The smallest absolute Gasteiger partial charge is 0.408 e. The van der Waals surface area contributed by atoms with Gasteiger partial charge in [-0.3, -0.25) is 9.59 Å². The van der Waals surface area contributed by atoms with Gasteiger partial charge in [-0.2, -0.15) is 12.6 Å². The number of carbonyl (C=O) groups is 3. The molecule has 2 aromatic rings. The summed E-state index contributed by atoms with van der Waals surface area (Å²) < 4.78 is 5.36. The van der Waals surface area contributed by atoms with Crippen molar-refractivity contribution in [1.82, 2.24) is 10.2 Å². The summed E-state index contributed by atoms with van der Waals surface area (Å²) in [7, 11) is 0. The third-order valence-electron chi connectivity index (χ3n) is 6.02. The molecule has 2 unspecified atom stereocenters. The van der Waals surface area contributed by atoms with E-state index in [0.717, 1.165) is 33.5 Å². The number of amides is 3. The largest absolute Gasteiger partial charge is 0.444 e. The number of ether oxygens (including phenoxy) is 1. The molecule has 3 amide bonds. The van der Waals surface area contributed by atoms with Crippen LogP contribution in [0.25, 0.3) is 0 Å². The molecule has 2 aromatic carbocycles. The zero-order valence-corrected chi connectivity index (χ0v) is 24.2. The number of nitrogens with one attached hydrogen (secondary N) is 2. The maximum atomic E-state index is 14.0. The van der Waals surface area contributed by atoms with E-state index in [1.165, 1.54) is 0 Å². The number of para-hydroxylation sites is 1. The van der Waals surface area contributed by atoms with Gasteiger partial charge < -0.3 is 20.3 Å². The predicted molar refractivity (Wildman–Crippen MR) is 152 cm³/mol. The summed E-state index contributed by atoms with van der Waals surface area (Å²) in [6.45, 7) is 15.3. The molecule has 202 valence electrons. The normalized spacial score (nSPS) is 12.9. The SMILES string of the molecule is CCCN(C(=O)C(CS)NC(=O)OC(C)(C)C)C(C(=O)Nc1c(C)cccc1C)c1c(C)cccc1C. The van der Waals surface area contributed by atoms with Crippen molar-refractivity contribution < 1.29 is 19.1 Å². The lowest BCUT2D eigenvalue weighted by molar-refractivity contribution is -0.140. The van der Waals surface area contributed by atoms with Gasteiger partial charge in [0.1, 0.15) is 17.7 Å². The molecule has 0 saturated heterocycles. The summed E-state index contributed by atoms with van der Waals surface area (Å²) in [6.07, 6.45) is -0.0878. The number of anilines is 1. The molecule has 2 rings (SSSR count). The van der Waals surface area contributed by atoms with Gasteiger partial charge in [0.25, 0.3) is 5.91 Å². The Morgan fingerprint density at radius 1 is 0.946 bits per heavy atom. The fourth-order valence-electron chi connectivity index (χ4n) is 4.33. The molecule has 7 nitrogen and oxygen atoms in total. The van der Waals surface area contributed by atoms with Gasteiger partial charge in [0.05, 0.1) is 0 Å². The molecule has 0 saturated carbocycles. The van der Waals surface area contributed by atoms with E-state index in [-0.39, 0.29) is 11.7 Å². The van der Waals surface area contributed by atoms with Crippen LogP contribution in [0.2, 0.25) is 0 Å². The van der Waals surface area contributed by atoms with Crippen molar-refractivity contribution in [2.24, 2.45) is 0 Å². The van der Waals surface area contributed by atoms with Crippen LogP contribution in [0.4, 0.5) is 10.5 Å². The van der Waals surface area contributed by atoms with Gasteiger partial charge in [-0.25, -0.2) is 4.79 Å². The summed E-state index contributed by atoms with van der Waals surface area (Å²) in [4.78, 5) is 42.0. The molecule has 0 fully saturated rings. The van der Waals surface area contributed by atoms with Crippen LogP contribution >= 0.6 is 12.6 Å². The molecule has 0 radical (unpaired) electrons. The van der Waals surface area contributed by atoms with Crippen LogP contribution in [0.1, 0.15) is 68.0 Å². The van der Waals surface area contributed by atoms with E-state index in [1.54, 1.807) is 25.7 Å². The first-order chi connectivity index (χ1) is 17.3. The van der Waals surface area contributed by atoms with E-state index in [9.17, 15) is 14.4 Å². The Labute approximate surface area is 226 Å². The highest BCUT2D eigenvalue weighted by Gasteiger charge is 2.37. The van der Waals surface area contributed by atoms with Crippen molar-refractivity contribution in [1.29, 1.82) is 0 Å². The number of carbonyl (C=O) groups excluding carboxylic acids is 3. The van der Waals surface area contributed by atoms with Gasteiger partial charge in [-0.05, 0) is 82.7 Å².